The van der Waals surface area contributed by atoms with Gasteiger partial charge in [0.1, 0.15) is 5.82 Å². The maximum absolute atomic E-state index is 13.0. The van der Waals surface area contributed by atoms with Gasteiger partial charge in [-0.1, -0.05) is 19.8 Å². The lowest BCUT2D eigenvalue weighted by atomic mass is 10.1. The van der Waals surface area contributed by atoms with Crippen LogP contribution in [0.3, 0.4) is 0 Å². The smallest absolute Gasteiger partial charge is 0.301 e. The summed E-state index contributed by atoms with van der Waals surface area (Å²) in [6.45, 7) is 2.81. The summed E-state index contributed by atoms with van der Waals surface area (Å²) >= 11 is 0. The summed E-state index contributed by atoms with van der Waals surface area (Å²) in [7, 11) is 0. The Morgan fingerprint density at radius 2 is 2.15 bits per heavy atom. The number of H-pyrrole nitrogens is 1. The molecule has 0 bridgehead atoms. The maximum Gasteiger partial charge on any atom is 0.301 e. The number of furan rings is 1. The predicted octanol–water partition coefficient (Wildman–Crippen LogP) is 3.09. The average molecular weight is 352 g/mol. The molecule has 134 valence electrons. The van der Waals surface area contributed by atoms with Gasteiger partial charge in [0, 0.05) is 12.5 Å². The van der Waals surface area contributed by atoms with Gasteiger partial charge in [0.2, 0.25) is 11.6 Å². The van der Waals surface area contributed by atoms with Gasteiger partial charge in [-0.3, -0.25) is 9.36 Å². The number of imidazole rings is 1. The van der Waals surface area contributed by atoms with E-state index in [-0.39, 0.29) is 5.56 Å². The monoisotopic (exact) mass is 352 g/mol. The summed E-state index contributed by atoms with van der Waals surface area (Å²) in [6.07, 6.45) is 7.16. The average Bonchev–Trinajstić information content (AvgIpc) is 3.43. The van der Waals surface area contributed by atoms with Gasteiger partial charge in [-0.05, 0) is 31.4 Å². The summed E-state index contributed by atoms with van der Waals surface area (Å²) in [5.74, 6) is 2.77. The van der Waals surface area contributed by atoms with E-state index in [1.807, 2.05) is 4.57 Å². The van der Waals surface area contributed by atoms with E-state index in [0.717, 1.165) is 25.1 Å². The molecule has 8 heteroatoms. The second-order valence-corrected chi connectivity index (χ2v) is 6.88. The number of nitrogens with zero attached hydrogens (tertiary/aromatic N) is 5. The van der Waals surface area contributed by atoms with Crippen molar-refractivity contribution in [3.05, 3.63) is 34.6 Å². The first-order valence-electron chi connectivity index (χ1n) is 9.19. The van der Waals surface area contributed by atoms with Gasteiger partial charge in [0.05, 0.1) is 6.26 Å². The van der Waals surface area contributed by atoms with Crippen LogP contribution in [0.1, 0.15) is 50.8 Å². The number of nitrogens with one attached hydrogen (secondary N) is 1. The minimum atomic E-state index is -0.218. The summed E-state index contributed by atoms with van der Waals surface area (Å²) in [5.41, 5.74) is 0.956. The number of fused-ring (bicyclic) bond motifs is 2. The van der Waals surface area contributed by atoms with Gasteiger partial charge in [-0.2, -0.15) is 9.50 Å². The van der Waals surface area contributed by atoms with Crippen LogP contribution in [0.25, 0.3) is 28.5 Å². The van der Waals surface area contributed by atoms with E-state index in [1.165, 1.54) is 17.4 Å². The van der Waals surface area contributed by atoms with Crippen molar-refractivity contribution in [2.45, 2.75) is 51.5 Å². The van der Waals surface area contributed by atoms with Crippen molar-refractivity contribution in [1.29, 1.82) is 0 Å². The lowest BCUT2D eigenvalue weighted by Crippen LogP contribution is -2.20. The quantitative estimate of drug-likeness (QED) is 0.609. The van der Waals surface area contributed by atoms with Gasteiger partial charge in [0.25, 0.3) is 0 Å². The fourth-order valence-corrected chi connectivity index (χ4v) is 3.87. The van der Waals surface area contributed by atoms with Crippen molar-refractivity contribution in [2.75, 3.05) is 0 Å². The Kier molecular flexibility index (Phi) is 3.44. The number of aromatic amines is 1. The molecular formula is C18H20N6O2. The Hall–Kier alpha value is -2.90. The first-order valence-corrected chi connectivity index (χ1v) is 9.19. The van der Waals surface area contributed by atoms with E-state index in [0.29, 0.717) is 41.0 Å². The molecule has 4 aromatic rings. The molecule has 4 aromatic heterocycles. The molecule has 0 saturated heterocycles. The third-order valence-electron chi connectivity index (χ3n) is 5.13. The number of hydrogen-bond donors (Lipinski definition) is 1. The zero-order valence-electron chi connectivity index (χ0n) is 14.6. The summed E-state index contributed by atoms with van der Waals surface area (Å²) in [6, 6.07) is 3.56. The second-order valence-electron chi connectivity index (χ2n) is 6.88. The van der Waals surface area contributed by atoms with Gasteiger partial charge < -0.3 is 9.40 Å². The van der Waals surface area contributed by atoms with Crippen molar-refractivity contribution < 1.29 is 4.42 Å². The van der Waals surface area contributed by atoms with Crippen molar-refractivity contribution in [2.24, 2.45) is 0 Å². The number of hydrogen-bond acceptors (Lipinski definition) is 5. The van der Waals surface area contributed by atoms with Crippen LogP contribution in [0.5, 0.6) is 0 Å². The first-order chi connectivity index (χ1) is 12.8. The highest BCUT2D eigenvalue weighted by Gasteiger charge is 2.24. The van der Waals surface area contributed by atoms with Gasteiger partial charge in [-0.25, -0.2) is 4.98 Å². The van der Waals surface area contributed by atoms with Crippen LogP contribution in [-0.2, 0) is 6.54 Å². The van der Waals surface area contributed by atoms with Crippen LogP contribution >= 0.6 is 0 Å². The van der Waals surface area contributed by atoms with E-state index in [9.17, 15) is 4.79 Å². The van der Waals surface area contributed by atoms with Crippen LogP contribution < -0.4 is 5.56 Å². The highest BCUT2D eigenvalue weighted by atomic mass is 16.3. The first kappa shape index (κ1) is 15.4. The van der Waals surface area contributed by atoms with E-state index >= 15 is 0 Å². The molecule has 0 aromatic carbocycles. The third kappa shape index (κ3) is 2.21. The van der Waals surface area contributed by atoms with Crippen molar-refractivity contribution in [3.8, 4) is 11.6 Å². The standard InChI is InChI=1S/C18H20N6O2/c1-2-9-23-16-13(19-14(20-16)11-6-3-4-7-11)17(25)24-18(23)21-15(22-24)12-8-5-10-26-12/h5,8,10-11H,2-4,6-7,9H2,1H3,(H,19,20). The molecule has 4 heterocycles. The molecule has 1 fully saturated rings. The lowest BCUT2D eigenvalue weighted by molar-refractivity contribution is 0.577. The minimum absolute atomic E-state index is 0.218. The minimum Gasteiger partial charge on any atom is -0.461 e. The Balaban J connectivity index is 1.77. The number of aryl methyl sites for hydroxylation is 1. The molecule has 26 heavy (non-hydrogen) atoms. The predicted molar refractivity (Wildman–Crippen MR) is 96.1 cm³/mol. The molecule has 1 aliphatic carbocycles. The summed E-state index contributed by atoms with van der Waals surface area (Å²) in [5, 5.41) is 4.39. The summed E-state index contributed by atoms with van der Waals surface area (Å²) in [4.78, 5) is 25.6. The largest absolute Gasteiger partial charge is 0.461 e. The molecular weight excluding hydrogens is 332 g/mol. The zero-order chi connectivity index (χ0) is 17.7. The molecule has 0 aliphatic heterocycles. The van der Waals surface area contributed by atoms with Crippen molar-refractivity contribution >= 4 is 16.9 Å². The molecule has 0 spiro atoms. The van der Waals surface area contributed by atoms with E-state index < -0.39 is 0 Å². The Labute approximate surface area is 148 Å². The van der Waals surface area contributed by atoms with E-state index in [1.54, 1.807) is 18.4 Å². The molecule has 0 unspecified atom stereocenters. The van der Waals surface area contributed by atoms with Crippen LogP contribution in [-0.4, -0.2) is 29.1 Å². The van der Waals surface area contributed by atoms with Crippen molar-refractivity contribution in [1.82, 2.24) is 29.1 Å². The topological polar surface area (TPSA) is 94.0 Å². The highest BCUT2D eigenvalue weighted by Crippen LogP contribution is 2.33. The van der Waals surface area contributed by atoms with Gasteiger partial charge in [-0.15, -0.1) is 5.10 Å². The van der Waals surface area contributed by atoms with E-state index in [4.69, 9.17) is 9.40 Å². The third-order valence-corrected chi connectivity index (χ3v) is 5.13. The molecule has 1 saturated carbocycles. The normalized spacial score (nSPS) is 15.6. The molecule has 0 radical (unpaired) electrons. The van der Waals surface area contributed by atoms with Crippen molar-refractivity contribution in [3.63, 3.8) is 0 Å². The molecule has 8 nitrogen and oxygen atoms in total. The van der Waals surface area contributed by atoms with Gasteiger partial charge in [0.15, 0.2) is 16.9 Å². The SMILES string of the molecule is CCCn1c2nc(C3CCCC3)[nH]c2c(=O)n2nc(-c3ccco3)nc12. The Morgan fingerprint density at radius 1 is 1.31 bits per heavy atom. The molecule has 0 atom stereocenters. The van der Waals surface area contributed by atoms with Crippen LogP contribution in [0.15, 0.2) is 27.6 Å². The maximum atomic E-state index is 13.0. The Morgan fingerprint density at radius 3 is 2.88 bits per heavy atom. The summed E-state index contributed by atoms with van der Waals surface area (Å²) < 4.78 is 8.71. The highest BCUT2D eigenvalue weighted by molar-refractivity contribution is 5.73. The van der Waals surface area contributed by atoms with E-state index in [2.05, 4.69) is 22.0 Å². The number of rotatable bonds is 4. The molecule has 5 rings (SSSR count). The molecule has 1 N–H and O–H groups in total. The van der Waals surface area contributed by atoms with Crippen LogP contribution in [0, 0.1) is 0 Å². The molecule has 0 amide bonds. The lowest BCUT2D eigenvalue weighted by Gasteiger charge is -2.06. The van der Waals surface area contributed by atoms with Gasteiger partial charge >= 0.3 is 5.56 Å². The second kappa shape index (κ2) is 5.82. The van der Waals surface area contributed by atoms with Crippen LogP contribution in [0.2, 0.25) is 0 Å². The number of aromatic nitrogens is 6. The zero-order valence-corrected chi connectivity index (χ0v) is 14.6. The van der Waals surface area contributed by atoms with Crippen LogP contribution in [0.4, 0.5) is 0 Å². The fraction of sp³-hybridized carbons (Fsp3) is 0.444. The fourth-order valence-electron chi connectivity index (χ4n) is 3.87. The Bertz CT molecular complexity index is 1130. The molecule has 1 aliphatic rings.